The molecule has 15 nitrogen and oxygen atoms in total. The van der Waals surface area contributed by atoms with Gasteiger partial charge in [-0.05, 0) is 12.5 Å². The van der Waals surface area contributed by atoms with Gasteiger partial charge in [0.15, 0.2) is 0 Å². The Morgan fingerprint density at radius 3 is 2.32 bits per heavy atom. The predicted molar refractivity (Wildman–Crippen MR) is 126 cm³/mol. The van der Waals surface area contributed by atoms with Crippen LogP contribution in [0.4, 0.5) is 4.79 Å². The number of rotatable bonds is 9. The maximum Gasteiger partial charge on any atom is 0.363 e. The second kappa shape index (κ2) is 11.1. The maximum absolute atomic E-state index is 13.2. The number of imide groups is 1. The average Bonchev–Trinajstić information content (AvgIpc) is 2.84. The molecule has 0 unspecified atom stereocenters. The topological polar surface area (TPSA) is 211 Å². The van der Waals surface area contributed by atoms with Gasteiger partial charge < -0.3 is 20.6 Å². The molecular weight excluding hydrogens is 534 g/mol. The average molecular weight is 558 g/mol. The molecule has 3 atom stereocenters. The van der Waals surface area contributed by atoms with Crippen LogP contribution in [0.5, 0.6) is 0 Å². The minimum atomic E-state index is -5.04. The van der Waals surface area contributed by atoms with Crippen molar-refractivity contribution in [3.63, 3.8) is 0 Å². The molecule has 0 aliphatic carbocycles. The third-order valence-electron chi connectivity index (χ3n) is 5.52. The molecule has 2 fully saturated rings. The van der Waals surface area contributed by atoms with Gasteiger partial charge in [0.2, 0.25) is 5.91 Å². The van der Waals surface area contributed by atoms with Crippen LogP contribution in [0.1, 0.15) is 18.5 Å². The summed E-state index contributed by atoms with van der Waals surface area (Å²) in [7, 11) is -5.04. The van der Waals surface area contributed by atoms with Crippen molar-refractivity contribution in [1.29, 1.82) is 0 Å². The number of carbonyl (C=O) groups is 6. The summed E-state index contributed by atoms with van der Waals surface area (Å²) in [6.07, 6.45) is 0. The molecule has 2 heterocycles. The number of nitrogens with zero attached hydrogens (tertiary/aromatic N) is 3. The second-order valence-electron chi connectivity index (χ2n) is 7.83. The zero-order valence-electron chi connectivity index (χ0n) is 19.3. The number of hydrogen-bond donors (Lipinski definition) is 4. The quantitative estimate of drug-likeness (QED) is 0.154. The second-order valence-corrected chi connectivity index (χ2v) is 10.2. The van der Waals surface area contributed by atoms with Gasteiger partial charge in [-0.15, -0.1) is 11.8 Å². The fourth-order valence-electron chi connectivity index (χ4n) is 3.69. The molecule has 200 valence electrons. The Kier molecular flexibility index (Phi) is 8.39. The first kappa shape index (κ1) is 27.9. The molecule has 4 N–H and O–H groups in total. The Morgan fingerprint density at radius 1 is 1.11 bits per heavy atom. The van der Waals surface area contributed by atoms with Gasteiger partial charge in [-0.25, -0.2) is 4.79 Å². The van der Waals surface area contributed by atoms with Crippen molar-refractivity contribution in [1.82, 2.24) is 24.7 Å². The lowest BCUT2D eigenvalue weighted by atomic mass is 10.0. The molecule has 6 amide bonds. The highest BCUT2D eigenvalue weighted by atomic mass is 32.2. The highest BCUT2D eigenvalue weighted by Crippen LogP contribution is 2.32. The van der Waals surface area contributed by atoms with Crippen molar-refractivity contribution in [2.75, 3.05) is 25.4 Å². The van der Waals surface area contributed by atoms with Crippen LogP contribution in [-0.4, -0.2) is 105 Å². The lowest BCUT2D eigenvalue weighted by molar-refractivity contribution is -0.153. The van der Waals surface area contributed by atoms with Crippen molar-refractivity contribution in [2.24, 2.45) is 0 Å². The van der Waals surface area contributed by atoms with Gasteiger partial charge in [0.05, 0.1) is 5.75 Å². The lowest BCUT2D eigenvalue weighted by Gasteiger charge is -2.43. The van der Waals surface area contributed by atoms with Crippen LogP contribution in [0.2, 0.25) is 0 Å². The number of aliphatic carboxylic acids is 1. The van der Waals surface area contributed by atoms with E-state index >= 15 is 0 Å². The molecule has 17 heteroatoms. The third-order valence-corrected chi connectivity index (χ3v) is 7.80. The number of hydrogen-bond acceptors (Lipinski definition) is 9. The van der Waals surface area contributed by atoms with E-state index in [1.165, 1.54) is 17.0 Å². The molecular formula is C20H23N5O10S2. The first-order chi connectivity index (χ1) is 17.4. The fraction of sp³-hybridized carbons (Fsp3) is 0.400. The Labute approximate surface area is 215 Å². The summed E-state index contributed by atoms with van der Waals surface area (Å²) in [6.45, 7) is 1.92. The van der Waals surface area contributed by atoms with E-state index in [0.717, 1.165) is 0 Å². The van der Waals surface area contributed by atoms with Gasteiger partial charge in [-0.1, -0.05) is 30.3 Å². The van der Waals surface area contributed by atoms with E-state index in [1.54, 1.807) is 25.1 Å². The Morgan fingerprint density at radius 2 is 1.76 bits per heavy atom. The monoisotopic (exact) mass is 557 g/mol. The van der Waals surface area contributed by atoms with E-state index in [2.05, 4.69) is 10.6 Å². The van der Waals surface area contributed by atoms with Crippen LogP contribution in [0, 0.1) is 0 Å². The minimum Gasteiger partial charge on any atom is -0.481 e. The summed E-state index contributed by atoms with van der Waals surface area (Å²) in [5, 5.41) is 12.1. The maximum atomic E-state index is 13.2. The van der Waals surface area contributed by atoms with E-state index in [0.29, 0.717) is 16.7 Å². The van der Waals surface area contributed by atoms with Crippen LogP contribution < -0.4 is 10.6 Å². The third kappa shape index (κ3) is 6.00. The first-order valence-corrected chi connectivity index (χ1v) is 13.2. The number of piperazine rings is 1. The SMILES string of the molecule is CCN1CCN(C(=O)N[C@@H](C(=O)N[C@@H]2C(=O)N(S(=O)(=O)O)[C@@H]2SCC(=O)O)c2ccccc2)C(=O)C1=O. The largest absolute Gasteiger partial charge is 0.481 e. The van der Waals surface area contributed by atoms with Gasteiger partial charge in [0.25, 0.3) is 5.91 Å². The van der Waals surface area contributed by atoms with Gasteiger partial charge in [0, 0.05) is 19.6 Å². The van der Waals surface area contributed by atoms with Gasteiger partial charge in [0.1, 0.15) is 17.5 Å². The smallest absolute Gasteiger partial charge is 0.363 e. The van der Waals surface area contributed by atoms with Crippen LogP contribution in [0.3, 0.4) is 0 Å². The molecule has 0 aromatic heterocycles. The Balaban J connectivity index is 1.81. The first-order valence-electron chi connectivity index (χ1n) is 10.8. The fourth-order valence-corrected chi connectivity index (χ4v) is 5.85. The molecule has 1 aromatic carbocycles. The van der Waals surface area contributed by atoms with Crippen LogP contribution in [0.25, 0.3) is 0 Å². The summed E-state index contributed by atoms with van der Waals surface area (Å²) in [5.74, 6) is -6.14. The Bertz CT molecular complexity index is 1230. The summed E-state index contributed by atoms with van der Waals surface area (Å²) in [4.78, 5) is 75.9. The molecule has 2 saturated heterocycles. The van der Waals surface area contributed by atoms with Crippen molar-refractivity contribution in [3.8, 4) is 0 Å². The Hall–Kier alpha value is -3.70. The normalized spacial score (nSPS) is 20.8. The van der Waals surface area contributed by atoms with E-state index in [1.807, 2.05) is 0 Å². The summed E-state index contributed by atoms with van der Waals surface area (Å²) >= 11 is 0.476. The van der Waals surface area contributed by atoms with Crippen molar-refractivity contribution in [3.05, 3.63) is 35.9 Å². The number of likely N-dealkylation sites (N-methyl/N-ethyl adjacent to an activating group) is 1. The molecule has 37 heavy (non-hydrogen) atoms. The number of carboxylic acids is 1. The highest BCUT2D eigenvalue weighted by molar-refractivity contribution is 8.01. The number of carbonyl (C=O) groups excluding carboxylic acids is 5. The predicted octanol–water partition coefficient (Wildman–Crippen LogP) is -1.60. The molecule has 2 aliphatic rings. The van der Waals surface area contributed by atoms with Crippen molar-refractivity contribution in [2.45, 2.75) is 24.4 Å². The summed E-state index contributed by atoms with van der Waals surface area (Å²) in [5.41, 5.74) is 0.229. The molecule has 2 aliphatic heterocycles. The van der Waals surface area contributed by atoms with Crippen LogP contribution in [0.15, 0.2) is 30.3 Å². The molecule has 1 aromatic rings. The van der Waals surface area contributed by atoms with E-state index in [9.17, 15) is 41.7 Å². The van der Waals surface area contributed by atoms with Crippen molar-refractivity contribution < 1.29 is 46.8 Å². The van der Waals surface area contributed by atoms with E-state index < -0.39 is 69.1 Å². The van der Waals surface area contributed by atoms with Crippen LogP contribution >= 0.6 is 11.8 Å². The lowest BCUT2D eigenvalue weighted by Crippen LogP contribution is -2.71. The minimum absolute atomic E-state index is 0.0408. The number of benzene rings is 1. The van der Waals surface area contributed by atoms with Gasteiger partial charge in [-0.3, -0.25) is 33.4 Å². The van der Waals surface area contributed by atoms with Crippen molar-refractivity contribution >= 4 is 57.7 Å². The van der Waals surface area contributed by atoms with Crippen LogP contribution in [-0.2, 0) is 34.3 Å². The van der Waals surface area contributed by atoms with E-state index in [4.69, 9.17) is 5.11 Å². The molecule has 0 radical (unpaired) electrons. The molecule has 3 rings (SSSR count). The standard InChI is InChI=1S/C20H23N5O10S2/c1-2-23-8-9-24(18(31)17(23)30)20(32)22-13(11-6-4-3-5-7-11)15(28)21-14-16(29)25(37(33,34)35)19(14)36-10-12(26)27/h3-7,13-14,19H,2,8-10H2,1H3,(H,21,28)(H,22,32)(H,26,27)(H,33,34,35)/t13-,14-,19-/m1/s1. The number of thioether (sulfide) groups is 1. The number of β-lactam (4-membered cyclic amide) rings is 1. The van der Waals surface area contributed by atoms with Gasteiger partial charge >= 0.3 is 34.1 Å². The molecule has 0 spiro atoms. The summed E-state index contributed by atoms with van der Waals surface area (Å²) < 4.78 is 32.4. The number of nitrogens with one attached hydrogen (secondary N) is 2. The molecule has 0 bridgehead atoms. The molecule has 0 saturated carbocycles. The number of urea groups is 1. The highest BCUT2D eigenvalue weighted by Gasteiger charge is 2.55. The zero-order chi connectivity index (χ0) is 27.5. The number of carboxylic acid groups (broad SMARTS) is 1. The van der Waals surface area contributed by atoms with E-state index in [-0.39, 0.29) is 29.5 Å². The zero-order valence-corrected chi connectivity index (χ0v) is 20.9. The number of amides is 6. The van der Waals surface area contributed by atoms with Gasteiger partial charge in [-0.2, -0.15) is 12.7 Å². The summed E-state index contributed by atoms with van der Waals surface area (Å²) in [6, 6.07) is 3.59.